The highest BCUT2D eigenvalue weighted by molar-refractivity contribution is 5.29. The molecule has 1 saturated carbocycles. The first-order chi connectivity index (χ1) is 10.2. The third kappa shape index (κ3) is 3.06. The van der Waals surface area contributed by atoms with Crippen molar-refractivity contribution in [3.63, 3.8) is 0 Å². The highest BCUT2D eigenvalue weighted by Crippen LogP contribution is 2.20. The molecule has 0 spiro atoms. The predicted octanol–water partition coefficient (Wildman–Crippen LogP) is 1.80. The van der Waals surface area contributed by atoms with Gasteiger partial charge in [0.2, 0.25) is 0 Å². The molecule has 1 aliphatic heterocycles. The maximum absolute atomic E-state index is 12.5. The van der Waals surface area contributed by atoms with E-state index in [1.54, 1.807) is 0 Å². The van der Waals surface area contributed by atoms with Gasteiger partial charge in [-0.1, -0.05) is 19.8 Å². The number of likely N-dealkylation sites (N-methyl/N-ethyl adjacent to an activating group) is 1. The van der Waals surface area contributed by atoms with Crippen LogP contribution in [0.25, 0.3) is 0 Å². The molecular weight excluding hydrogens is 262 g/mol. The normalized spacial score (nSPS) is 19.9. The maximum atomic E-state index is 12.5. The summed E-state index contributed by atoms with van der Waals surface area (Å²) in [6, 6.07) is 2.76. The van der Waals surface area contributed by atoms with Crippen LogP contribution in [0.15, 0.2) is 10.9 Å². The Bertz CT molecular complexity index is 558. The van der Waals surface area contributed by atoms with E-state index in [0.717, 1.165) is 38.2 Å². The molecule has 3 rings (SSSR count). The summed E-state index contributed by atoms with van der Waals surface area (Å²) in [5, 5.41) is 3.57. The van der Waals surface area contributed by atoms with Gasteiger partial charge in [0.05, 0.1) is 0 Å². The fraction of sp³-hybridized carbons (Fsp3) is 0.706. The zero-order valence-electron chi connectivity index (χ0n) is 13.3. The second-order valence-corrected chi connectivity index (χ2v) is 6.49. The third-order valence-corrected chi connectivity index (χ3v) is 5.15. The van der Waals surface area contributed by atoms with Gasteiger partial charge >= 0.3 is 0 Å². The summed E-state index contributed by atoms with van der Waals surface area (Å²) in [6.07, 6.45) is 6.16. The van der Waals surface area contributed by atoms with Gasteiger partial charge in [0.15, 0.2) is 0 Å². The van der Waals surface area contributed by atoms with Crippen LogP contribution in [-0.2, 0) is 26.6 Å². The number of nitrogens with one attached hydrogen (secondary N) is 1. The fourth-order valence-electron chi connectivity index (χ4n) is 3.74. The molecule has 1 aromatic rings. The van der Waals surface area contributed by atoms with Crippen molar-refractivity contribution < 1.29 is 0 Å². The Kier molecular flexibility index (Phi) is 4.45. The van der Waals surface area contributed by atoms with Crippen molar-refractivity contribution in [3.8, 4) is 0 Å². The summed E-state index contributed by atoms with van der Waals surface area (Å²) >= 11 is 0. The third-order valence-electron chi connectivity index (χ3n) is 5.15. The minimum atomic E-state index is 0.184. The van der Waals surface area contributed by atoms with Crippen molar-refractivity contribution in [3.05, 3.63) is 33.2 Å². The predicted molar refractivity (Wildman–Crippen MR) is 85.4 cm³/mol. The van der Waals surface area contributed by atoms with Crippen LogP contribution in [-0.4, -0.2) is 28.6 Å². The Morgan fingerprint density at radius 1 is 1.33 bits per heavy atom. The van der Waals surface area contributed by atoms with Crippen LogP contribution in [0.2, 0.25) is 0 Å². The van der Waals surface area contributed by atoms with E-state index < -0.39 is 0 Å². The van der Waals surface area contributed by atoms with E-state index in [2.05, 4.69) is 23.2 Å². The van der Waals surface area contributed by atoms with Crippen molar-refractivity contribution in [2.24, 2.45) is 7.05 Å². The molecule has 2 heterocycles. The Labute approximate surface area is 127 Å². The van der Waals surface area contributed by atoms with E-state index in [1.807, 2.05) is 11.6 Å². The largest absolute Gasteiger partial charge is 0.315 e. The highest BCUT2D eigenvalue weighted by atomic mass is 16.1. The van der Waals surface area contributed by atoms with E-state index in [0.29, 0.717) is 6.04 Å². The lowest BCUT2D eigenvalue weighted by Gasteiger charge is -2.29. The molecule has 1 N–H and O–H groups in total. The first-order valence-electron chi connectivity index (χ1n) is 8.35. The van der Waals surface area contributed by atoms with Crippen molar-refractivity contribution >= 4 is 0 Å². The average Bonchev–Trinajstić information content (AvgIpc) is 3.02. The van der Waals surface area contributed by atoms with Crippen LogP contribution in [0.5, 0.6) is 0 Å². The molecule has 1 aliphatic carbocycles. The molecular formula is C17H27N3O. The molecule has 0 amide bonds. The SMILES string of the molecule is CCN1CCc2c(cc(CNC3CCCC3)c(=O)n2C)C1. The summed E-state index contributed by atoms with van der Waals surface area (Å²) in [5.41, 5.74) is 3.69. The number of pyridine rings is 1. The van der Waals surface area contributed by atoms with Gasteiger partial charge in [0.25, 0.3) is 5.56 Å². The standard InChI is InChI=1S/C17H27N3O/c1-3-20-9-8-16-14(12-20)10-13(17(21)19(16)2)11-18-15-6-4-5-7-15/h10,15,18H,3-9,11-12H2,1-2H3. The van der Waals surface area contributed by atoms with E-state index >= 15 is 0 Å². The zero-order valence-corrected chi connectivity index (χ0v) is 13.3. The summed E-state index contributed by atoms with van der Waals surface area (Å²) < 4.78 is 1.88. The van der Waals surface area contributed by atoms with Crippen molar-refractivity contribution in [2.75, 3.05) is 13.1 Å². The van der Waals surface area contributed by atoms with Gasteiger partial charge in [-0.3, -0.25) is 9.69 Å². The fourth-order valence-corrected chi connectivity index (χ4v) is 3.74. The summed E-state index contributed by atoms with van der Waals surface area (Å²) in [7, 11) is 1.93. The summed E-state index contributed by atoms with van der Waals surface area (Å²) in [6.45, 7) is 6.05. The number of fused-ring (bicyclic) bond motifs is 1. The van der Waals surface area contributed by atoms with Crippen molar-refractivity contribution in [1.29, 1.82) is 0 Å². The molecule has 1 aromatic heterocycles. The van der Waals surface area contributed by atoms with Gasteiger partial charge in [0, 0.05) is 50.4 Å². The number of hydrogen-bond acceptors (Lipinski definition) is 3. The topological polar surface area (TPSA) is 37.3 Å². The van der Waals surface area contributed by atoms with Crippen LogP contribution in [0.3, 0.4) is 0 Å². The Morgan fingerprint density at radius 2 is 2.10 bits per heavy atom. The van der Waals surface area contributed by atoms with Gasteiger partial charge in [0.1, 0.15) is 0 Å². The van der Waals surface area contributed by atoms with Gasteiger partial charge in [-0.05, 0) is 31.0 Å². The lowest BCUT2D eigenvalue weighted by atomic mass is 10.0. The first kappa shape index (κ1) is 14.8. The van der Waals surface area contributed by atoms with E-state index in [9.17, 15) is 4.79 Å². The molecule has 0 bridgehead atoms. The molecule has 4 nitrogen and oxygen atoms in total. The Hall–Kier alpha value is -1.13. The second-order valence-electron chi connectivity index (χ2n) is 6.49. The molecule has 1 fully saturated rings. The number of aromatic nitrogens is 1. The zero-order chi connectivity index (χ0) is 14.8. The molecule has 0 radical (unpaired) electrons. The molecule has 0 saturated heterocycles. The van der Waals surface area contributed by atoms with Gasteiger partial charge < -0.3 is 9.88 Å². The number of hydrogen-bond donors (Lipinski definition) is 1. The molecule has 21 heavy (non-hydrogen) atoms. The Morgan fingerprint density at radius 3 is 2.81 bits per heavy atom. The molecule has 116 valence electrons. The molecule has 0 atom stereocenters. The highest BCUT2D eigenvalue weighted by Gasteiger charge is 2.20. The first-order valence-corrected chi connectivity index (χ1v) is 8.35. The van der Waals surface area contributed by atoms with Crippen LogP contribution in [0.4, 0.5) is 0 Å². The monoisotopic (exact) mass is 289 g/mol. The van der Waals surface area contributed by atoms with Gasteiger partial charge in [-0.25, -0.2) is 0 Å². The van der Waals surface area contributed by atoms with Crippen LogP contribution in [0, 0.1) is 0 Å². The molecule has 0 aromatic carbocycles. The van der Waals surface area contributed by atoms with E-state index in [1.165, 1.54) is 36.9 Å². The Balaban J connectivity index is 1.80. The smallest absolute Gasteiger partial charge is 0.255 e. The van der Waals surface area contributed by atoms with E-state index in [-0.39, 0.29) is 5.56 Å². The minimum Gasteiger partial charge on any atom is -0.315 e. The number of rotatable bonds is 4. The van der Waals surface area contributed by atoms with Crippen molar-refractivity contribution in [1.82, 2.24) is 14.8 Å². The van der Waals surface area contributed by atoms with Crippen molar-refractivity contribution in [2.45, 2.75) is 58.2 Å². The van der Waals surface area contributed by atoms with Gasteiger partial charge in [-0.2, -0.15) is 0 Å². The second kappa shape index (κ2) is 6.32. The van der Waals surface area contributed by atoms with Gasteiger partial charge in [-0.15, -0.1) is 0 Å². The number of nitrogens with zero attached hydrogens (tertiary/aromatic N) is 2. The van der Waals surface area contributed by atoms with Crippen LogP contribution >= 0.6 is 0 Å². The van der Waals surface area contributed by atoms with Crippen LogP contribution < -0.4 is 10.9 Å². The molecule has 0 unspecified atom stereocenters. The quantitative estimate of drug-likeness (QED) is 0.918. The molecule has 4 heteroatoms. The average molecular weight is 289 g/mol. The van der Waals surface area contributed by atoms with E-state index in [4.69, 9.17) is 0 Å². The lowest BCUT2D eigenvalue weighted by Crippen LogP contribution is -2.37. The summed E-state index contributed by atoms with van der Waals surface area (Å²) in [4.78, 5) is 15.0. The van der Waals surface area contributed by atoms with Crippen LogP contribution in [0.1, 0.15) is 49.4 Å². The maximum Gasteiger partial charge on any atom is 0.255 e. The lowest BCUT2D eigenvalue weighted by molar-refractivity contribution is 0.262. The summed E-state index contributed by atoms with van der Waals surface area (Å²) in [5.74, 6) is 0. The minimum absolute atomic E-state index is 0.184. The molecule has 2 aliphatic rings.